The molecule has 3 aromatic rings. The molecule has 5 rings (SSSR count). The molecule has 1 atom stereocenters. The largest absolute Gasteiger partial charge is 0.427 e. The second-order valence-electron chi connectivity index (χ2n) is 10.5. The van der Waals surface area contributed by atoms with Gasteiger partial charge in [0.25, 0.3) is 0 Å². The minimum Gasteiger partial charge on any atom is -0.366 e. The molecule has 2 aromatic carbocycles. The predicted octanol–water partition coefficient (Wildman–Crippen LogP) is 4.30. The fourth-order valence-electron chi connectivity index (χ4n) is 5.45. The average Bonchev–Trinajstić information content (AvgIpc) is 3.36. The maximum atomic E-state index is 12.9. The molecule has 0 spiro atoms. The van der Waals surface area contributed by atoms with Crippen molar-refractivity contribution in [2.75, 3.05) is 19.6 Å². The monoisotopic (exact) mass is 502 g/mol. The molecule has 1 aliphatic heterocycles. The Kier molecular flexibility index (Phi) is 7.65. The SMILES string of the molecule is NC(=O)c1ccc(Cc2noc([N+]3(CCC(NC(=O)C4CCC4)c4ccccc4)CCCCC3)n2)cc1. The van der Waals surface area contributed by atoms with Gasteiger partial charge in [-0.3, -0.25) is 14.1 Å². The number of nitrogens with zero attached hydrogens (tertiary/aromatic N) is 3. The van der Waals surface area contributed by atoms with E-state index >= 15 is 0 Å². The third-order valence-electron chi connectivity index (χ3n) is 7.98. The van der Waals surface area contributed by atoms with Crippen LogP contribution >= 0.6 is 0 Å². The Morgan fingerprint density at radius 1 is 1.00 bits per heavy atom. The number of benzene rings is 2. The Morgan fingerprint density at radius 3 is 2.38 bits per heavy atom. The first-order chi connectivity index (χ1) is 18.0. The molecule has 2 aliphatic rings. The summed E-state index contributed by atoms with van der Waals surface area (Å²) in [5, 5.41) is 7.65. The van der Waals surface area contributed by atoms with Gasteiger partial charge in [0, 0.05) is 24.3 Å². The van der Waals surface area contributed by atoms with Gasteiger partial charge in [-0.15, -0.1) is 4.98 Å². The van der Waals surface area contributed by atoms with Crippen LogP contribution in [0.3, 0.4) is 0 Å². The zero-order chi connectivity index (χ0) is 25.7. The summed E-state index contributed by atoms with van der Waals surface area (Å²) in [7, 11) is 0. The standard InChI is InChI=1S/C29H35N5O3/c30-27(35)23-14-12-21(13-15-23)20-26-32-29(37-33-26)34(17-5-2-6-18-34)19-16-25(22-8-3-1-4-9-22)31-28(36)24-10-7-11-24/h1,3-4,8-9,12-15,24-25H,2,5-7,10-11,16-20H2,(H2-,30,31,35,36)/p+1. The highest BCUT2D eigenvalue weighted by Gasteiger charge is 2.39. The number of hydrogen-bond acceptors (Lipinski definition) is 5. The van der Waals surface area contributed by atoms with Gasteiger partial charge in [0.15, 0.2) is 5.82 Å². The lowest BCUT2D eigenvalue weighted by Gasteiger charge is -2.38. The van der Waals surface area contributed by atoms with Crippen molar-refractivity contribution in [3.8, 4) is 0 Å². The van der Waals surface area contributed by atoms with Crippen LogP contribution in [-0.2, 0) is 11.2 Å². The maximum absolute atomic E-state index is 12.9. The van der Waals surface area contributed by atoms with Crippen LogP contribution < -0.4 is 15.5 Å². The number of rotatable bonds is 10. The maximum Gasteiger partial charge on any atom is 0.427 e. The Labute approximate surface area is 217 Å². The Balaban J connectivity index is 1.32. The van der Waals surface area contributed by atoms with Gasteiger partial charge in [0.1, 0.15) is 0 Å². The van der Waals surface area contributed by atoms with Crippen molar-refractivity contribution in [1.82, 2.24) is 19.9 Å². The predicted molar refractivity (Wildman–Crippen MR) is 142 cm³/mol. The van der Waals surface area contributed by atoms with Crippen molar-refractivity contribution in [3.05, 3.63) is 77.1 Å². The summed E-state index contributed by atoms with van der Waals surface area (Å²) >= 11 is 0. The number of carbonyl (C=O) groups excluding carboxylic acids is 2. The minimum absolute atomic E-state index is 0.0441. The molecule has 1 saturated heterocycles. The quantitative estimate of drug-likeness (QED) is 0.402. The molecule has 0 radical (unpaired) electrons. The van der Waals surface area contributed by atoms with Crippen molar-refractivity contribution >= 4 is 17.8 Å². The molecule has 1 aromatic heterocycles. The van der Waals surface area contributed by atoms with Gasteiger partial charge >= 0.3 is 6.01 Å². The van der Waals surface area contributed by atoms with Crippen molar-refractivity contribution in [2.24, 2.45) is 11.7 Å². The van der Waals surface area contributed by atoms with E-state index in [-0.39, 0.29) is 17.9 Å². The van der Waals surface area contributed by atoms with Crippen LogP contribution in [0.4, 0.5) is 6.01 Å². The van der Waals surface area contributed by atoms with E-state index in [2.05, 4.69) is 22.6 Å². The van der Waals surface area contributed by atoms with E-state index in [0.717, 1.165) is 69.3 Å². The number of likely N-dealkylation sites (tertiary alicyclic amines) is 1. The lowest BCUT2D eigenvalue weighted by atomic mass is 9.84. The lowest BCUT2D eigenvalue weighted by molar-refractivity contribution is -0.128. The highest BCUT2D eigenvalue weighted by atomic mass is 16.5. The van der Waals surface area contributed by atoms with E-state index in [1.165, 1.54) is 6.42 Å². The van der Waals surface area contributed by atoms with Gasteiger partial charge in [-0.1, -0.05) is 54.0 Å². The second kappa shape index (κ2) is 11.3. The number of primary amides is 1. The van der Waals surface area contributed by atoms with Crippen LogP contribution in [0.1, 0.15) is 78.3 Å². The highest BCUT2D eigenvalue weighted by Crippen LogP contribution is 2.31. The van der Waals surface area contributed by atoms with Crippen molar-refractivity contribution in [2.45, 2.75) is 57.4 Å². The molecule has 194 valence electrons. The van der Waals surface area contributed by atoms with Gasteiger partial charge in [0.05, 0.1) is 25.7 Å². The van der Waals surface area contributed by atoms with Gasteiger partial charge < -0.3 is 11.1 Å². The summed E-state index contributed by atoms with van der Waals surface area (Å²) < 4.78 is 6.52. The van der Waals surface area contributed by atoms with E-state index in [1.54, 1.807) is 12.1 Å². The normalized spacial score (nSPS) is 18.1. The van der Waals surface area contributed by atoms with Crippen LogP contribution in [0.2, 0.25) is 0 Å². The van der Waals surface area contributed by atoms with Crippen LogP contribution in [0.25, 0.3) is 0 Å². The molecule has 8 heteroatoms. The fraction of sp³-hybridized carbons (Fsp3) is 0.448. The number of hydrogen-bond donors (Lipinski definition) is 2. The average molecular weight is 503 g/mol. The van der Waals surface area contributed by atoms with Gasteiger partial charge in [-0.2, -0.15) is 0 Å². The minimum atomic E-state index is -0.442. The van der Waals surface area contributed by atoms with Crippen LogP contribution in [-0.4, -0.2) is 41.6 Å². The molecule has 1 unspecified atom stereocenters. The Morgan fingerprint density at radius 2 is 1.73 bits per heavy atom. The van der Waals surface area contributed by atoms with E-state index in [1.807, 2.05) is 30.3 Å². The van der Waals surface area contributed by atoms with Gasteiger partial charge in [-0.05, 0) is 55.4 Å². The zero-order valence-electron chi connectivity index (χ0n) is 21.3. The van der Waals surface area contributed by atoms with Crippen molar-refractivity contribution in [3.63, 3.8) is 0 Å². The van der Waals surface area contributed by atoms with E-state index in [0.29, 0.717) is 28.3 Å². The zero-order valence-corrected chi connectivity index (χ0v) is 21.3. The highest BCUT2D eigenvalue weighted by molar-refractivity contribution is 5.92. The Bertz CT molecular complexity index is 1200. The third-order valence-corrected chi connectivity index (χ3v) is 7.98. The number of quaternary nitrogens is 1. The van der Waals surface area contributed by atoms with Crippen molar-refractivity contribution in [1.29, 1.82) is 0 Å². The summed E-state index contributed by atoms with van der Waals surface area (Å²) in [4.78, 5) is 29.1. The first-order valence-electron chi connectivity index (χ1n) is 13.5. The van der Waals surface area contributed by atoms with Gasteiger partial charge in [-0.25, -0.2) is 4.48 Å². The summed E-state index contributed by atoms with van der Waals surface area (Å²) in [6.45, 7) is 2.72. The van der Waals surface area contributed by atoms with Gasteiger partial charge in [0.2, 0.25) is 11.8 Å². The Hall–Kier alpha value is -3.52. The van der Waals surface area contributed by atoms with E-state index in [4.69, 9.17) is 15.2 Å². The molecule has 8 nitrogen and oxygen atoms in total. The molecular weight excluding hydrogens is 466 g/mol. The molecule has 1 aliphatic carbocycles. The van der Waals surface area contributed by atoms with Crippen LogP contribution in [0.15, 0.2) is 59.1 Å². The second-order valence-corrected chi connectivity index (χ2v) is 10.5. The summed E-state index contributed by atoms with van der Waals surface area (Å²) in [6.07, 6.45) is 7.86. The molecule has 1 saturated carbocycles. The summed E-state index contributed by atoms with van der Waals surface area (Å²) in [5.74, 6) is 0.512. The van der Waals surface area contributed by atoms with Crippen molar-refractivity contribution < 1.29 is 14.1 Å². The molecule has 2 fully saturated rings. The molecule has 37 heavy (non-hydrogen) atoms. The molecular formula is C29H36N5O3+. The molecule has 2 heterocycles. The number of piperidine rings is 1. The topological polar surface area (TPSA) is 111 Å². The summed E-state index contributed by atoms with van der Waals surface area (Å²) in [6, 6.07) is 18.1. The fourth-order valence-corrected chi connectivity index (χ4v) is 5.45. The number of aromatic nitrogens is 2. The number of nitrogens with two attached hydrogens (primary N) is 1. The third kappa shape index (κ3) is 5.91. The van der Waals surface area contributed by atoms with Crippen LogP contribution in [0.5, 0.6) is 0 Å². The molecule has 0 bridgehead atoms. The van der Waals surface area contributed by atoms with Crippen LogP contribution in [0, 0.1) is 5.92 Å². The first kappa shape index (κ1) is 25.1. The number of amides is 2. The number of carbonyl (C=O) groups is 2. The van der Waals surface area contributed by atoms with E-state index in [9.17, 15) is 9.59 Å². The first-order valence-corrected chi connectivity index (χ1v) is 13.5. The summed E-state index contributed by atoms with van der Waals surface area (Å²) in [5.41, 5.74) is 7.96. The number of nitrogens with one attached hydrogen (secondary N) is 1. The lowest BCUT2D eigenvalue weighted by Crippen LogP contribution is -2.54. The van der Waals surface area contributed by atoms with E-state index < -0.39 is 5.91 Å². The molecule has 3 N–H and O–H groups in total. The molecule has 2 amide bonds. The smallest absolute Gasteiger partial charge is 0.366 e.